The van der Waals surface area contributed by atoms with Crippen molar-refractivity contribution in [2.24, 2.45) is 0 Å². The second-order valence-corrected chi connectivity index (χ2v) is 6.40. The summed E-state index contributed by atoms with van der Waals surface area (Å²) >= 11 is 2.09. The van der Waals surface area contributed by atoms with Gasteiger partial charge in [0.15, 0.2) is 0 Å². The molecule has 0 saturated carbocycles. The van der Waals surface area contributed by atoms with Crippen molar-refractivity contribution < 1.29 is 0 Å². The number of nitrogens with one attached hydrogen (secondary N) is 1. The topological polar surface area (TPSA) is 12.0 Å². The summed E-state index contributed by atoms with van der Waals surface area (Å²) in [7, 11) is 0. The Labute approximate surface area is 109 Å². The Balaban J connectivity index is 2.00. The third-order valence-corrected chi connectivity index (χ3v) is 4.74. The maximum Gasteiger partial charge on any atom is 0.0411 e. The van der Waals surface area contributed by atoms with Crippen LogP contribution in [0.25, 0.3) is 0 Å². The third-order valence-electron chi connectivity index (χ3n) is 3.41. The molecule has 2 unspecified atom stereocenters. The lowest BCUT2D eigenvalue weighted by atomic mass is 10.0. The van der Waals surface area contributed by atoms with E-state index in [1.807, 2.05) is 0 Å². The van der Waals surface area contributed by atoms with Crippen LogP contribution in [0.3, 0.4) is 0 Å². The minimum absolute atomic E-state index is 0.542. The zero-order valence-electron chi connectivity index (χ0n) is 10.9. The molecule has 1 aliphatic rings. The van der Waals surface area contributed by atoms with Crippen molar-refractivity contribution >= 4 is 11.8 Å². The van der Waals surface area contributed by atoms with Gasteiger partial charge in [0.2, 0.25) is 0 Å². The molecule has 2 atom stereocenters. The van der Waals surface area contributed by atoms with Gasteiger partial charge < -0.3 is 5.32 Å². The van der Waals surface area contributed by atoms with Crippen LogP contribution in [0.15, 0.2) is 24.3 Å². The Kier molecular flexibility index (Phi) is 4.93. The van der Waals surface area contributed by atoms with E-state index in [0.29, 0.717) is 6.04 Å². The SMILES string of the molecule is CCCc1ccc(C2CSC(C)CCN2)cc1. The number of hydrogen-bond acceptors (Lipinski definition) is 2. The van der Waals surface area contributed by atoms with Gasteiger partial charge in [-0.15, -0.1) is 0 Å². The summed E-state index contributed by atoms with van der Waals surface area (Å²) in [6.45, 7) is 5.72. The van der Waals surface area contributed by atoms with E-state index in [0.717, 1.165) is 11.8 Å². The second kappa shape index (κ2) is 6.46. The molecular weight excluding hydrogens is 226 g/mol. The van der Waals surface area contributed by atoms with E-state index in [1.165, 1.54) is 36.1 Å². The Bertz CT molecular complexity index is 333. The van der Waals surface area contributed by atoms with Gasteiger partial charge in [0.25, 0.3) is 0 Å². The van der Waals surface area contributed by atoms with Gasteiger partial charge in [0, 0.05) is 17.0 Å². The lowest BCUT2D eigenvalue weighted by molar-refractivity contribution is 0.578. The molecule has 94 valence electrons. The van der Waals surface area contributed by atoms with Crippen LogP contribution in [-0.4, -0.2) is 17.5 Å². The van der Waals surface area contributed by atoms with E-state index >= 15 is 0 Å². The molecule has 1 N–H and O–H groups in total. The lowest BCUT2D eigenvalue weighted by Crippen LogP contribution is -2.22. The smallest absolute Gasteiger partial charge is 0.0411 e. The predicted molar refractivity (Wildman–Crippen MR) is 77.7 cm³/mol. The van der Waals surface area contributed by atoms with Gasteiger partial charge in [-0.25, -0.2) is 0 Å². The second-order valence-electron chi connectivity index (χ2n) is 4.93. The first-order valence-electron chi connectivity index (χ1n) is 6.73. The molecule has 1 aliphatic heterocycles. The van der Waals surface area contributed by atoms with Gasteiger partial charge in [-0.1, -0.05) is 44.5 Å². The summed E-state index contributed by atoms with van der Waals surface area (Å²) in [6, 6.07) is 9.73. The lowest BCUT2D eigenvalue weighted by Gasteiger charge is -2.16. The van der Waals surface area contributed by atoms with Gasteiger partial charge in [0.05, 0.1) is 0 Å². The van der Waals surface area contributed by atoms with E-state index in [1.54, 1.807) is 0 Å². The molecule has 0 spiro atoms. The summed E-state index contributed by atoms with van der Waals surface area (Å²) in [5.41, 5.74) is 2.91. The molecule has 2 rings (SSSR count). The molecule has 1 aromatic rings. The van der Waals surface area contributed by atoms with Gasteiger partial charge in [-0.2, -0.15) is 11.8 Å². The maximum absolute atomic E-state index is 3.66. The third kappa shape index (κ3) is 3.75. The largest absolute Gasteiger partial charge is 0.309 e. The molecule has 1 saturated heterocycles. The van der Waals surface area contributed by atoms with E-state index in [-0.39, 0.29) is 0 Å². The van der Waals surface area contributed by atoms with Crippen LogP contribution in [0.1, 0.15) is 43.9 Å². The van der Waals surface area contributed by atoms with Crippen LogP contribution in [0.4, 0.5) is 0 Å². The summed E-state index contributed by atoms with van der Waals surface area (Å²) < 4.78 is 0. The van der Waals surface area contributed by atoms with Crippen LogP contribution in [0, 0.1) is 0 Å². The van der Waals surface area contributed by atoms with Gasteiger partial charge in [0.1, 0.15) is 0 Å². The fourth-order valence-electron chi connectivity index (χ4n) is 2.28. The molecule has 0 amide bonds. The summed E-state index contributed by atoms with van der Waals surface area (Å²) in [5.74, 6) is 1.20. The zero-order chi connectivity index (χ0) is 12.1. The number of thioether (sulfide) groups is 1. The van der Waals surface area contributed by atoms with Crippen molar-refractivity contribution in [2.45, 2.75) is 44.4 Å². The van der Waals surface area contributed by atoms with Crippen molar-refractivity contribution in [3.8, 4) is 0 Å². The fraction of sp³-hybridized carbons (Fsp3) is 0.600. The highest BCUT2D eigenvalue weighted by atomic mass is 32.2. The Morgan fingerprint density at radius 3 is 2.76 bits per heavy atom. The molecule has 1 fully saturated rings. The van der Waals surface area contributed by atoms with Crippen molar-refractivity contribution in [1.82, 2.24) is 5.32 Å². The fourth-order valence-corrected chi connectivity index (χ4v) is 3.40. The normalized spacial score (nSPS) is 25.5. The van der Waals surface area contributed by atoms with E-state index < -0.39 is 0 Å². The highest BCUT2D eigenvalue weighted by Crippen LogP contribution is 2.26. The zero-order valence-corrected chi connectivity index (χ0v) is 11.7. The van der Waals surface area contributed by atoms with Crippen molar-refractivity contribution in [3.63, 3.8) is 0 Å². The van der Waals surface area contributed by atoms with Crippen LogP contribution in [0.2, 0.25) is 0 Å². The van der Waals surface area contributed by atoms with Crippen molar-refractivity contribution in [2.75, 3.05) is 12.3 Å². The highest BCUT2D eigenvalue weighted by Gasteiger charge is 2.17. The van der Waals surface area contributed by atoms with E-state index in [4.69, 9.17) is 0 Å². The van der Waals surface area contributed by atoms with Gasteiger partial charge in [-0.05, 0) is 30.5 Å². The molecule has 1 nitrogen and oxygen atoms in total. The van der Waals surface area contributed by atoms with E-state index in [9.17, 15) is 0 Å². The number of aryl methyl sites for hydroxylation is 1. The molecule has 2 heteroatoms. The molecule has 0 radical (unpaired) electrons. The first-order valence-corrected chi connectivity index (χ1v) is 7.78. The number of benzene rings is 1. The highest BCUT2D eigenvalue weighted by molar-refractivity contribution is 7.99. The summed E-state index contributed by atoms with van der Waals surface area (Å²) in [4.78, 5) is 0. The Morgan fingerprint density at radius 1 is 1.29 bits per heavy atom. The molecular formula is C15H23NS. The maximum atomic E-state index is 3.66. The van der Waals surface area contributed by atoms with Crippen LogP contribution < -0.4 is 5.32 Å². The minimum Gasteiger partial charge on any atom is -0.309 e. The Morgan fingerprint density at radius 2 is 2.06 bits per heavy atom. The quantitative estimate of drug-likeness (QED) is 0.874. The average Bonchev–Trinajstić information content (AvgIpc) is 2.56. The van der Waals surface area contributed by atoms with Crippen LogP contribution in [0.5, 0.6) is 0 Å². The predicted octanol–water partition coefficient (Wildman–Crippen LogP) is 3.80. The van der Waals surface area contributed by atoms with Crippen LogP contribution >= 0.6 is 11.8 Å². The first-order chi connectivity index (χ1) is 8.29. The standard InChI is InChI=1S/C15H23NS/c1-3-4-13-5-7-14(8-6-13)15-11-17-12(2)9-10-16-15/h5-8,12,15-16H,3-4,9-11H2,1-2H3. The van der Waals surface area contributed by atoms with Gasteiger partial charge >= 0.3 is 0 Å². The molecule has 0 bridgehead atoms. The minimum atomic E-state index is 0.542. The van der Waals surface area contributed by atoms with Crippen molar-refractivity contribution in [3.05, 3.63) is 35.4 Å². The van der Waals surface area contributed by atoms with Gasteiger partial charge in [-0.3, -0.25) is 0 Å². The molecule has 17 heavy (non-hydrogen) atoms. The first kappa shape index (κ1) is 13.0. The average molecular weight is 249 g/mol. The molecule has 0 aliphatic carbocycles. The number of hydrogen-bond donors (Lipinski definition) is 1. The molecule has 1 aromatic carbocycles. The monoisotopic (exact) mass is 249 g/mol. The Hall–Kier alpha value is -0.470. The summed E-state index contributed by atoms with van der Waals surface area (Å²) in [5, 5.41) is 4.46. The number of rotatable bonds is 3. The van der Waals surface area contributed by atoms with E-state index in [2.05, 4.69) is 55.2 Å². The molecule has 0 aromatic heterocycles. The van der Waals surface area contributed by atoms with Crippen LogP contribution in [-0.2, 0) is 6.42 Å². The molecule has 1 heterocycles. The summed E-state index contributed by atoms with van der Waals surface area (Å²) in [6.07, 6.45) is 3.72. The van der Waals surface area contributed by atoms with Crippen molar-refractivity contribution in [1.29, 1.82) is 0 Å².